The number of ether oxygens (including phenoxy) is 1. The van der Waals surface area contributed by atoms with E-state index in [4.69, 9.17) is 27.9 Å². The third-order valence-corrected chi connectivity index (χ3v) is 5.66. The van der Waals surface area contributed by atoms with E-state index in [-0.39, 0.29) is 24.8 Å². The van der Waals surface area contributed by atoms with Crippen molar-refractivity contribution in [1.82, 2.24) is 10.2 Å². The van der Waals surface area contributed by atoms with Gasteiger partial charge < -0.3 is 15.0 Å². The number of nitrogens with zero attached hydrogens (tertiary/aromatic N) is 1. The smallest absolute Gasteiger partial charge is 0.242 e. The molecule has 0 bridgehead atoms. The molecular formula is C24H30Cl2N2O3. The van der Waals surface area contributed by atoms with Crippen LogP contribution in [0.4, 0.5) is 0 Å². The van der Waals surface area contributed by atoms with Crippen molar-refractivity contribution in [2.75, 3.05) is 13.2 Å². The molecule has 0 spiro atoms. The molecule has 0 aliphatic heterocycles. The maximum absolute atomic E-state index is 13.1. The van der Waals surface area contributed by atoms with Gasteiger partial charge in [0.1, 0.15) is 11.8 Å². The van der Waals surface area contributed by atoms with Gasteiger partial charge in [0.15, 0.2) is 0 Å². The molecule has 2 aromatic carbocycles. The molecule has 0 unspecified atom stereocenters. The Morgan fingerprint density at radius 2 is 1.71 bits per heavy atom. The second-order valence-corrected chi connectivity index (χ2v) is 8.12. The fraction of sp³-hybridized carbons (Fsp3) is 0.417. The standard InChI is InChI=1S/C24H30Cl2N2O3/c1-4-22(24(30)27-5-2)28(16-19-20(25)8-6-9-21(19)26)23(29)10-7-15-31-18-13-11-17(3)12-14-18/h6,8-9,11-14,22H,4-5,7,10,15-16H2,1-3H3,(H,27,30)/t22-/m0/s1. The second-order valence-electron chi connectivity index (χ2n) is 7.31. The zero-order valence-electron chi connectivity index (χ0n) is 18.3. The van der Waals surface area contributed by atoms with E-state index < -0.39 is 6.04 Å². The Hall–Kier alpha value is -2.24. The first-order chi connectivity index (χ1) is 14.9. The molecule has 0 aliphatic carbocycles. The van der Waals surface area contributed by atoms with Gasteiger partial charge in [-0.2, -0.15) is 0 Å². The monoisotopic (exact) mass is 464 g/mol. The second kappa shape index (κ2) is 12.6. The van der Waals surface area contributed by atoms with Crippen molar-refractivity contribution in [1.29, 1.82) is 0 Å². The Labute approximate surface area is 194 Å². The Morgan fingerprint density at radius 1 is 1.06 bits per heavy atom. The summed E-state index contributed by atoms with van der Waals surface area (Å²) in [6.45, 7) is 6.83. The SMILES string of the molecule is CCNC(=O)[C@H](CC)N(Cc1c(Cl)cccc1Cl)C(=O)CCCOc1ccc(C)cc1. The van der Waals surface area contributed by atoms with Crippen LogP contribution in [0.25, 0.3) is 0 Å². The lowest BCUT2D eigenvalue weighted by atomic mass is 10.1. The van der Waals surface area contributed by atoms with Gasteiger partial charge in [-0.15, -0.1) is 0 Å². The number of benzene rings is 2. The number of halogens is 2. The van der Waals surface area contributed by atoms with Crippen LogP contribution >= 0.6 is 23.2 Å². The van der Waals surface area contributed by atoms with Crippen LogP contribution in [0.15, 0.2) is 42.5 Å². The average Bonchev–Trinajstić information content (AvgIpc) is 2.74. The minimum absolute atomic E-state index is 0.137. The molecule has 0 fully saturated rings. The van der Waals surface area contributed by atoms with E-state index >= 15 is 0 Å². The van der Waals surface area contributed by atoms with Gasteiger partial charge in [0.05, 0.1) is 6.61 Å². The summed E-state index contributed by atoms with van der Waals surface area (Å²) in [5, 5.41) is 3.76. The molecule has 5 nitrogen and oxygen atoms in total. The molecule has 7 heteroatoms. The van der Waals surface area contributed by atoms with Crippen LogP contribution in [0.3, 0.4) is 0 Å². The van der Waals surface area contributed by atoms with Gasteiger partial charge in [-0.1, -0.05) is 53.9 Å². The van der Waals surface area contributed by atoms with Crippen LogP contribution in [-0.2, 0) is 16.1 Å². The molecule has 0 aliphatic rings. The highest BCUT2D eigenvalue weighted by Gasteiger charge is 2.29. The zero-order chi connectivity index (χ0) is 22.8. The number of amides is 2. The van der Waals surface area contributed by atoms with Crippen LogP contribution < -0.4 is 10.1 Å². The van der Waals surface area contributed by atoms with E-state index in [9.17, 15) is 9.59 Å². The third-order valence-electron chi connectivity index (χ3n) is 4.95. The first kappa shape index (κ1) is 25.0. The Morgan fingerprint density at radius 3 is 2.29 bits per heavy atom. The Kier molecular flexibility index (Phi) is 10.2. The normalized spacial score (nSPS) is 11.6. The number of hydrogen-bond acceptors (Lipinski definition) is 3. The fourth-order valence-electron chi connectivity index (χ4n) is 3.26. The number of nitrogens with one attached hydrogen (secondary N) is 1. The molecule has 0 heterocycles. The number of carbonyl (C=O) groups excluding carboxylic acids is 2. The summed E-state index contributed by atoms with van der Waals surface area (Å²) in [5.41, 5.74) is 1.80. The predicted molar refractivity (Wildman–Crippen MR) is 126 cm³/mol. The largest absolute Gasteiger partial charge is 0.494 e. The van der Waals surface area contributed by atoms with Crippen LogP contribution in [0.5, 0.6) is 5.75 Å². The van der Waals surface area contributed by atoms with E-state index in [0.717, 1.165) is 11.3 Å². The summed E-state index contributed by atoms with van der Waals surface area (Å²) in [5.74, 6) is 0.450. The topological polar surface area (TPSA) is 58.6 Å². The first-order valence-corrected chi connectivity index (χ1v) is 11.3. The number of rotatable bonds is 11. The van der Waals surface area contributed by atoms with Crippen LogP contribution in [-0.4, -0.2) is 35.9 Å². The summed E-state index contributed by atoms with van der Waals surface area (Å²) in [6.07, 6.45) is 1.27. The van der Waals surface area contributed by atoms with Crippen molar-refractivity contribution in [2.24, 2.45) is 0 Å². The van der Waals surface area contributed by atoms with Gasteiger partial charge in [0.25, 0.3) is 0 Å². The molecular weight excluding hydrogens is 435 g/mol. The lowest BCUT2D eigenvalue weighted by Gasteiger charge is -2.31. The Balaban J connectivity index is 2.09. The number of carbonyl (C=O) groups is 2. The summed E-state index contributed by atoms with van der Waals surface area (Å²) in [4.78, 5) is 27.3. The third kappa shape index (κ3) is 7.44. The molecule has 31 heavy (non-hydrogen) atoms. The van der Waals surface area contributed by atoms with Crippen molar-refractivity contribution in [3.8, 4) is 5.75 Å². The quantitative estimate of drug-likeness (QED) is 0.452. The minimum Gasteiger partial charge on any atom is -0.494 e. The maximum atomic E-state index is 13.1. The molecule has 2 aromatic rings. The van der Waals surface area contributed by atoms with E-state index in [1.54, 1.807) is 23.1 Å². The number of aryl methyl sites for hydroxylation is 1. The minimum atomic E-state index is -0.599. The van der Waals surface area contributed by atoms with Gasteiger partial charge in [-0.3, -0.25) is 9.59 Å². The van der Waals surface area contributed by atoms with Gasteiger partial charge in [0.2, 0.25) is 11.8 Å². The fourth-order valence-corrected chi connectivity index (χ4v) is 3.77. The van der Waals surface area contributed by atoms with Gasteiger partial charge >= 0.3 is 0 Å². The van der Waals surface area contributed by atoms with E-state index in [1.165, 1.54) is 0 Å². The highest BCUT2D eigenvalue weighted by Crippen LogP contribution is 2.27. The van der Waals surface area contributed by atoms with E-state index in [0.29, 0.717) is 41.6 Å². The van der Waals surface area contributed by atoms with Gasteiger partial charge in [-0.05, 0) is 51.0 Å². The average molecular weight is 465 g/mol. The van der Waals surface area contributed by atoms with Crippen LogP contribution in [0.1, 0.15) is 44.2 Å². The van der Waals surface area contributed by atoms with Crippen LogP contribution in [0.2, 0.25) is 10.0 Å². The lowest BCUT2D eigenvalue weighted by molar-refractivity contribution is -0.141. The molecule has 0 saturated carbocycles. The van der Waals surface area contributed by atoms with Crippen molar-refractivity contribution >= 4 is 35.0 Å². The van der Waals surface area contributed by atoms with Crippen molar-refractivity contribution in [3.63, 3.8) is 0 Å². The summed E-state index contributed by atoms with van der Waals surface area (Å²) in [7, 11) is 0. The predicted octanol–water partition coefficient (Wildman–Crippen LogP) is 5.40. The number of likely N-dealkylation sites (N-methyl/N-ethyl adjacent to an activating group) is 1. The highest BCUT2D eigenvalue weighted by atomic mass is 35.5. The van der Waals surface area contributed by atoms with Gasteiger partial charge in [0, 0.05) is 35.1 Å². The molecule has 0 saturated heterocycles. The first-order valence-electron chi connectivity index (χ1n) is 10.6. The molecule has 2 amide bonds. The van der Waals surface area contributed by atoms with Crippen LogP contribution in [0, 0.1) is 6.92 Å². The summed E-state index contributed by atoms with van der Waals surface area (Å²) in [6, 6.07) is 12.4. The zero-order valence-corrected chi connectivity index (χ0v) is 19.8. The molecule has 168 valence electrons. The van der Waals surface area contributed by atoms with Crippen molar-refractivity contribution in [2.45, 2.75) is 52.6 Å². The van der Waals surface area contributed by atoms with Crippen molar-refractivity contribution in [3.05, 3.63) is 63.6 Å². The molecule has 1 N–H and O–H groups in total. The summed E-state index contributed by atoms with van der Waals surface area (Å²) >= 11 is 12.7. The Bertz CT molecular complexity index is 851. The molecule has 0 radical (unpaired) electrons. The lowest BCUT2D eigenvalue weighted by Crippen LogP contribution is -2.49. The van der Waals surface area contributed by atoms with E-state index in [2.05, 4.69) is 5.32 Å². The summed E-state index contributed by atoms with van der Waals surface area (Å²) < 4.78 is 5.73. The molecule has 0 aromatic heterocycles. The maximum Gasteiger partial charge on any atom is 0.242 e. The van der Waals surface area contributed by atoms with E-state index in [1.807, 2.05) is 45.0 Å². The van der Waals surface area contributed by atoms with Gasteiger partial charge in [-0.25, -0.2) is 0 Å². The highest BCUT2D eigenvalue weighted by molar-refractivity contribution is 6.36. The molecule has 1 atom stereocenters. The van der Waals surface area contributed by atoms with Crippen molar-refractivity contribution < 1.29 is 14.3 Å². The number of hydrogen-bond donors (Lipinski definition) is 1. The molecule has 2 rings (SSSR count).